The number of amides is 1. The molecule has 0 N–H and O–H groups in total. The summed E-state index contributed by atoms with van der Waals surface area (Å²) >= 11 is 6.25. The largest absolute Gasteiger partial charge is 0.464 e. The van der Waals surface area contributed by atoms with Gasteiger partial charge >= 0.3 is 0 Å². The van der Waals surface area contributed by atoms with E-state index in [1.54, 1.807) is 37.4 Å². The van der Waals surface area contributed by atoms with Gasteiger partial charge in [0.15, 0.2) is 0 Å². The molecule has 23 heavy (non-hydrogen) atoms. The Morgan fingerprint density at radius 3 is 2.70 bits per heavy atom. The number of thiocarbonyl (C=S) groups is 1. The minimum absolute atomic E-state index is 0.0217. The maximum absolute atomic E-state index is 12.1. The number of nitrogens with zero attached hydrogens (tertiary/aromatic N) is 2. The number of benzene rings is 1. The maximum atomic E-state index is 12.1. The van der Waals surface area contributed by atoms with Gasteiger partial charge in [-0.15, -0.1) is 0 Å². The fraction of sp³-hybridized carbons (Fsp3) is 0.0667. The lowest BCUT2D eigenvalue weighted by molar-refractivity contribution is -0.384. The highest BCUT2D eigenvalue weighted by molar-refractivity contribution is 8.26. The number of para-hydroxylation sites is 1. The first-order valence-electron chi connectivity index (χ1n) is 6.52. The molecule has 3 rings (SSSR count). The highest BCUT2D eigenvalue weighted by Crippen LogP contribution is 2.37. The number of nitro groups is 1. The minimum Gasteiger partial charge on any atom is -0.464 e. The molecule has 116 valence electrons. The van der Waals surface area contributed by atoms with E-state index >= 15 is 0 Å². The topological polar surface area (TPSA) is 76.6 Å². The predicted octanol–water partition coefficient (Wildman–Crippen LogP) is 3.69. The van der Waals surface area contributed by atoms with E-state index in [-0.39, 0.29) is 11.6 Å². The molecule has 0 unspecified atom stereocenters. The Kier molecular flexibility index (Phi) is 4.01. The summed E-state index contributed by atoms with van der Waals surface area (Å²) in [7, 11) is 1.60. The molecule has 2 heterocycles. The summed E-state index contributed by atoms with van der Waals surface area (Å²) < 4.78 is 5.87. The number of likely N-dealkylation sites (N-methyl/N-ethyl adjacent to an activating group) is 1. The van der Waals surface area contributed by atoms with Gasteiger partial charge in [-0.05, 0) is 12.1 Å². The molecule has 0 bridgehead atoms. The predicted molar refractivity (Wildman–Crippen MR) is 91.7 cm³/mol. The van der Waals surface area contributed by atoms with E-state index in [4.69, 9.17) is 16.6 Å². The lowest BCUT2D eigenvalue weighted by Crippen LogP contribution is -2.22. The lowest BCUT2D eigenvalue weighted by atomic mass is 10.0. The van der Waals surface area contributed by atoms with Crippen LogP contribution in [0.2, 0.25) is 0 Å². The highest BCUT2D eigenvalue weighted by Gasteiger charge is 2.29. The van der Waals surface area contributed by atoms with Gasteiger partial charge in [-0.1, -0.05) is 36.1 Å². The van der Waals surface area contributed by atoms with Gasteiger partial charge in [0, 0.05) is 24.8 Å². The van der Waals surface area contributed by atoms with Gasteiger partial charge in [0.05, 0.1) is 21.7 Å². The van der Waals surface area contributed by atoms with Gasteiger partial charge in [-0.3, -0.25) is 19.8 Å². The van der Waals surface area contributed by atoms with Crippen molar-refractivity contribution in [3.05, 3.63) is 57.4 Å². The summed E-state index contributed by atoms with van der Waals surface area (Å²) in [6, 6.07) is 8.03. The summed E-state index contributed by atoms with van der Waals surface area (Å²) in [5.74, 6) is 0.165. The van der Waals surface area contributed by atoms with Gasteiger partial charge in [0.25, 0.3) is 11.6 Å². The van der Waals surface area contributed by atoms with Crippen molar-refractivity contribution in [2.75, 3.05) is 7.05 Å². The van der Waals surface area contributed by atoms with Crippen molar-refractivity contribution in [3.8, 4) is 11.1 Å². The van der Waals surface area contributed by atoms with Crippen molar-refractivity contribution < 1.29 is 14.1 Å². The van der Waals surface area contributed by atoms with Crippen LogP contribution in [0.25, 0.3) is 17.2 Å². The molecule has 0 spiro atoms. The first-order valence-corrected chi connectivity index (χ1v) is 7.74. The van der Waals surface area contributed by atoms with Crippen LogP contribution < -0.4 is 0 Å². The summed E-state index contributed by atoms with van der Waals surface area (Å²) in [5, 5.41) is 11.2. The van der Waals surface area contributed by atoms with Gasteiger partial charge in [-0.2, -0.15) is 0 Å². The number of hydrogen-bond acceptors (Lipinski definition) is 6. The number of nitro benzene ring substituents is 1. The first-order chi connectivity index (χ1) is 11.0. The van der Waals surface area contributed by atoms with E-state index in [2.05, 4.69) is 0 Å². The van der Waals surface area contributed by atoms with Crippen LogP contribution in [0, 0.1) is 10.1 Å². The molecule has 0 radical (unpaired) electrons. The average Bonchev–Trinajstić information content (AvgIpc) is 3.08. The molecule has 8 heteroatoms. The minimum atomic E-state index is -0.447. The Morgan fingerprint density at radius 1 is 1.30 bits per heavy atom. The number of carbonyl (C=O) groups excluding carboxylic acids is 1. The molecule has 2 aromatic rings. The van der Waals surface area contributed by atoms with E-state index in [1.165, 1.54) is 29.0 Å². The molecule has 0 atom stereocenters. The zero-order chi connectivity index (χ0) is 16.6. The first kappa shape index (κ1) is 15.4. The molecule has 6 nitrogen and oxygen atoms in total. The van der Waals surface area contributed by atoms with Crippen LogP contribution in [0.3, 0.4) is 0 Å². The number of carbonyl (C=O) groups is 1. The van der Waals surface area contributed by atoms with Crippen LogP contribution in [-0.4, -0.2) is 27.1 Å². The van der Waals surface area contributed by atoms with Crippen molar-refractivity contribution in [3.63, 3.8) is 0 Å². The molecule has 1 aromatic heterocycles. The van der Waals surface area contributed by atoms with Crippen LogP contribution in [-0.2, 0) is 4.79 Å². The van der Waals surface area contributed by atoms with Crippen LogP contribution in [0.1, 0.15) is 5.76 Å². The fourth-order valence-electron chi connectivity index (χ4n) is 2.18. The summed E-state index contributed by atoms with van der Waals surface area (Å²) in [4.78, 5) is 24.6. The van der Waals surface area contributed by atoms with E-state index < -0.39 is 4.92 Å². The van der Waals surface area contributed by atoms with Crippen molar-refractivity contribution in [2.45, 2.75) is 0 Å². The van der Waals surface area contributed by atoms with Crippen molar-refractivity contribution in [1.82, 2.24) is 4.90 Å². The third-order valence-electron chi connectivity index (χ3n) is 3.33. The molecular weight excluding hydrogens is 336 g/mol. The smallest absolute Gasteiger partial charge is 0.277 e. The Hall–Kier alpha value is -2.45. The number of furan rings is 1. The van der Waals surface area contributed by atoms with Gasteiger partial charge < -0.3 is 4.42 Å². The zero-order valence-electron chi connectivity index (χ0n) is 11.9. The zero-order valence-corrected chi connectivity index (χ0v) is 13.5. The third-order valence-corrected chi connectivity index (χ3v) is 4.82. The summed E-state index contributed by atoms with van der Waals surface area (Å²) in [6.45, 7) is 0. The second-order valence-electron chi connectivity index (χ2n) is 4.71. The van der Waals surface area contributed by atoms with Gasteiger partial charge in [-0.25, -0.2) is 0 Å². The van der Waals surface area contributed by atoms with Gasteiger partial charge in [0.2, 0.25) is 0 Å². The molecule has 1 aliphatic rings. The summed E-state index contributed by atoms with van der Waals surface area (Å²) in [5.41, 5.74) is 0.967. The molecule has 1 fully saturated rings. The van der Waals surface area contributed by atoms with Crippen LogP contribution in [0.15, 0.2) is 45.9 Å². The normalized spacial score (nSPS) is 16.4. The monoisotopic (exact) mass is 346 g/mol. The van der Waals surface area contributed by atoms with Crippen molar-refractivity contribution >= 4 is 46.0 Å². The molecule has 0 saturated carbocycles. The Morgan fingerprint density at radius 2 is 2.04 bits per heavy atom. The molecule has 1 amide bonds. The summed E-state index contributed by atoms with van der Waals surface area (Å²) in [6.07, 6.45) is 3.00. The van der Waals surface area contributed by atoms with E-state index in [1.807, 2.05) is 0 Å². The van der Waals surface area contributed by atoms with E-state index in [9.17, 15) is 14.9 Å². The molecule has 0 aliphatic carbocycles. The maximum Gasteiger partial charge on any atom is 0.277 e. The van der Waals surface area contributed by atoms with Gasteiger partial charge in [0.1, 0.15) is 10.1 Å². The third kappa shape index (κ3) is 2.78. The van der Waals surface area contributed by atoms with Crippen LogP contribution in [0.5, 0.6) is 0 Å². The molecule has 1 aromatic carbocycles. The van der Waals surface area contributed by atoms with E-state index in [0.717, 1.165) is 0 Å². The second kappa shape index (κ2) is 5.98. The van der Waals surface area contributed by atoms with E-state index in [0.29, 0.717) is 26.1 Å². The van der Waals surface area contributed by atoms with Crippen LogP contribution >= 0.6 is 24.0 Å². The van der Waals surface area contributed by atoms with Crippen molar-refractivity contribution in [1.29, 1.82) is 0 Å². The molecule has 1 saturated heterocycles. The standard InChI is InChI=1S/C15H10N2O4S2/c1-16-14(18)13(23-15(16)22)8-12-10(6-7-21-12)9-4-2-3-5-11(9)17(19)20/h2-8H,1H3. The number of thioether (sulfide) groups is 1. The SMILES string of the molecule is CN1C(=O)C(=Cc2occc2-c2ccccc2[N+](=O)[O-])SC1=S. The lowest BCUT2D eigenvalue weighted by Gasteiger charge is -2.03. The Balaban J connectivity index is 2.07. The Bertz CT molecular complexity index is 857. The Labute approximate surface area is 140 Å². The quantitative estimate of drug-likeness (QED) is 0.365. The molecule has 1 aliphatic heterocycles. The highest BCUT2D eigenvalue weighted by atomic mass is 32.2. The molecular formula is C15H10N2O4S2. The van der Waals surface area contributed by atoms with Crippen LogP contribution in [0.4, 0.5) is 5.69 Å². The van der Waals surface area contributed by atoms with Crippen molar-refractivity contribution in [2.24, 2.45) is 0 Å². The fourth-order valence-corrected chi connectivity index (χ4v) is 3.33. The second-order valence-corrected chi connectivity index (χ2v) is 6.39. The number of hydrogen-bond donors (Lipinski definition) is 0. The number of rotatable bonds is 3. The average molecular weight is 346 g/mol.